The van der Waals surface area contributed by atoms with E-state index in [9.17, 15) is 9.59 Å². The Bertz CT molecular complexity index is 823. The van der Waals surface area contributed by atoms with E-state index in [2.05, 4.69) is 6.07 Å². The average molecular weight is 291 g/mol. The van der Waals surface area contributed by atoms with Gasteiger partial charge >= 0.3 is 5.97 Å². The molecule has 0 aliphatic carbocycles. The first kappa shape index (κ1) is 12.8. The highest BCUT2D eigenvalue weighted by atomic mass is 16.5. The summed E-state index contributed by atoms with van der Waals surface area (Å²) in [5.74, 6) is -0.541. The first-order valence-electron chi connectivity index (χ1n) is 7.16. The van der Waals surface area contributed by atoms with Crippen LogP contribution in [0.2, 0.25) is 0 Å². The molecule has 0 saturated carbocycles. The van der Waals surface area contributed by atoms with Crippen molar-refractivity contribution in [1.82, 2.24) is 0 Å². The van der Waals surface area contributed by atoms with Gasteiger partial charge in [0.1, 0.15) is 11.3 Å². The van der Waals surface area contributed by atoms with Crippen LogP contribution < -0.4 is 9.64 Å². The first-order chi connectivity index (χ1) is 10.7. The van der Waals surface area contributed by atoms with Crippen LogP contribution in [-0.4, -0.2) is 18.3 Å². The van der Waals surface area contributed by atoms with E-state index in [-0.39, 0.29) is 11.4 Å². The maximum atomic E-state index is 12.5. The van der Waals surface area contributed by atoms with Crippen LogP contribution in [0.5, 0.6) is 5.75 Å². The topological polar surface area (TPSA) is 46.6 Å². The summed E-state index contributed by atoms with van der Waals surface area (Å²) in [6, 6.07) is 14.8. The summed E-state index contributed by atoms with van der Waals surface area (Å²) in [6.07, 6.45) is 2.52. The fourth-order valence-corrected chi connectivity index (χ4v) is 2.90. The van der Waals surface area contributed by atoms with E-state index in [0.717, 1.165) is 18.7 Å². The number of Topliss-reactive ketones (excluding diaryl/α,β-unsaturated/α-hetero) is 1. The molecule has 4 rings (SSSR count). The number of ether oxygens (including phenoxy) is 1. The number of nitrogens with zero attached hydrogens (tertiary/aromatic N) is 1. The fraction of sp³-hybridized carbons (Fsp3) is 0.111. The van der Waals surface area contributed by atoms with Gasteiger partial charge in [-0.25, -0.2) is 4.79 Å². The molecule has 0 amide bonds. The van der Waals surface area contributed by atoms with Crippen LogP contribution in [0.15, 0.2) is 60.3 Å². The number of carbonyl (C=O) groups excluding carboxylic acids is 2. The second-order valence-corrected chi connectivity index (χ2v) is 5.33. The van der Waals surface area contributed by atoms with Gasteiger partial charge < -0.3 is 9.64 Å². The average Bonchev–Trinajstić information content (AvgIpc) is 2.95. The molecular formula is C18H13NO3. The van der Waals surface area contributed by atoms with Gasteiger partial charge in [0.05, 0.1) is 5.56 Å². The predicted molar refractivity (Wildman–Crippen MR) is 82.0 cm³/mol. The van der Waals surface area contributed by atoms with Gasteiger partial charge in [-0.2, -0.15) is 0 Å². The quantitative estimate of drug-likeness (QED) is 0.351. The lowest BCUT2D eigenvalue weighted by molar-refractivity contribution is -0.130. The highest BCUT2D eigenvalue weighted by molar-refractivity contribution is 6.27. The van der Waals surface area contributed by atoms with E-state index < -0.39 is 5.97 Å². The molecule has 0 radical (unpaired) electrons. The molecule has 2 aliphatic heterocycles. The summed E-state index contributed by atoms with van der Waals surface area (Å²) < 4.78 is 5.26. The Hall–Kier alpha value is -2.88. The highest BCUT2D eigenvalue weighted by Crippen LogP contribution is 2.31. The summed E-state index contributed by atoms with van der Waals surface area (Å²) in [5.41, 5.74) is 2.77. The monoisotopic (exact) mass is 291 g/mol. The first-order valence-corrected chi connectivity index (χ1v) is 7.16. The molecule has 0 unspecified atom stereocenters. The number of fused-ring (bicyclic) bond motifs is 2. The minimum absolute atomic E-state index is 0.0791. The fourth-order valence-electron chi connectivity index (χ4n) is 2.90. The van der Waals surface area contributed by atoms with Crippen LogP contribution >= 0.6 is 0 Å². The van der Waals surface area contributed by atoms with Crippen molar-refractivity contribution >= 4 is 17.4 Å². The van der Waals surface area contributed by atoms with E-state index in [1.165, 1.54) is 5.56 Å². The molecule has 0 bridgehead atoms. The Balaban J connectivity index is 1.75. The Labute approximate surface area is 127 Å². The van der Waals surface area contributed by atoms with E-state index >= 15 is 0 Å². The SMILES string of the molecule is O=C1Oc2ccccc2C(=O)/C1=C/N1CCc2ccccc21. The van der Waals surface area contributed by atoms with Gasteiger partial charge in [0, 0.05) is 18.4 Å². The van der Waals surface area contributed by atoms with Gasteiger partial charge in [0.15, 0.2) is 0 Å². The van der Waals surface area contributed by atoms with Crippen LogP contribution in [0.4, 0.5) is 5.69 Å². The third kappa shape index (κ3) is 1.92. The third-order valence-corrected chi connectivity index (χ3v) is 4.01. The zero-order chi connectivity index (χ0) is 15.1. The van der Waals surface area contributed by atoms with E-state index in [4.69, 9.17) is 4.74 Å². The molecule has 2 aliphatic rings. The zero-order valence-electron chi connectivity index (χ0n) is 11.8. The zero-order valence-corrected chi connectivity index (χ0v) is 11.8. The number of hydrogen-bond acceptors (Lipinski definition) is 4. The van der Waals surface area contributed by atoms with E-state index in [1.54, 1.807) is 30.5 Å². The third-order valence-electron chi connectivity index (χ3n) is 4.01. The maximum Gasteiger partial charge on any atom is 0.349 e. The van der Waals surface area contributed by atoms with Gasteiger partial charge in [-0.15, -0.1) is 0 Å². The number of esters is 1. The molecule has 0 atom stereocenters. The van der Waals surface area contributed by atoms with Crippen molar-refractivity contribution in [1.29, 1.82) is 0 Å². The molecule has 0 aromatic heterocycles. The summed E-state index contributed by atoms with van der Waals surface area (Å²) in [7, 11) is 0. The molecular weight excluding hydrogens is 278 g/mol. The number of anilines is 1. The van der Waals surface area contributed by atoms with E-state index in [1.807, 2.05) is 23.1 Å². The lowest BCUT2D eigenvalue weighted by atomic mass is 10.0. The molecule has 0 spiro atoms. The standard InChI is InChI=1S/C18H13NO3/c20-17-13-6-2-4-8-16(13)22-18(21)14(17)11-19-10-9-12-5-1-3-7-15(12)19/h1-8,11H,9-10H2/b14-11-. The Morgan fingerprint density at radius 1 is 1.00 bits per heavy atom. The molecule has 4 nitrogen and oxygen atoms in total. The van der Waals surface area contributed by atoms with Crippen molar-refractivity contribution in [3.63, 3.8) is 0 Å². The van der Waals surface area contributed by atoms with Crippen LogP contribution in [-0.2, 0) is 11.2 Å². The molecule has 4 heteroatoms. The van der Waals surface area contributed by atoms with Gasteiger partial charge in [0.2, 0.25) is 5.78 Å². The largest absolute Gasteiger partial charge is 0.422 e. The Kier molecular flexibility index (Phi) is 2.82. The van der Waals surface area contributed by atoms with Crippen molar-refractivity contribution < 1.29 is 14.3 Å². The molecule has 2 aromatic carbocycles. The summed E-state index contributed by atoms with van der Waals surface area (Å²) in [5, 5.41) is 0. The van der Waals surface area contributed by atoms with Crippen molar-refractivity contribution in [3.8, 4) is 5.75 Å². The number of hydrogen-bond donors (Lipinski definition) is 0. The van der Waals surface area contributed by atoms with Crippen molar-refractivity contribution in [2.75, 3.05) is 11.4 Å². The molecule has 0 saturated heterocycles. The molecule has 2 heterocycles. The van der Waals surface area contributed by atoms with Gasteiger partial charge in [0.25, 0.3) is 0 Å². The summed E-state index contributed by atoms with van der Waals surface area (Å²) in [6.45, 7) is 0.755. The van der Waals surface area contributed by atoms with E-state index in [0.29, 0.717) is 11.3 Å². The molecule has 0 fully saturated rings. The molecule has 0 N–H and O–H groups in total. The normalized spacial score (nSPS) is 18.2. The maximum absolute atomic E-state index is 12.5. The lowest BCUT2D eigenvalue weighted by Gasteiger charge is -2.20. The Morgan fingerprint density at radius 2 is 1.77 bits per heavy atom. The number of carbonyl (C=O) groups is 2. The molecule has 22 heavy (non-hydrogen) atoms. The van der Waals surface area contributed by atoms with Crippen LogP contribution in [0.1, 0.15) is 15.9 Å². The lowest BCUT2D eigenvalue weighted by Crippen LogP contribution is -2.28. The summed E-state index contributed by atoms with van der Waals surface area (Å²) >= 11 is 0. The van der Waals surface area contributed by atoms with Gasteiger partial charge in [-0.3, -0.25) is 4.79 Å². The minimum atomic E-state index is -0.590. The number of rotatable bonds is 1. The predicted octanol–water partition coefficient (Wildman–Crippen LogP) is 2.73. The van der Waals surface area contributed by atoms with Crippen molar-refractivity contribution in [2.24, 2.45) is 0 Å². The number of para-hydroxylation sites is 2. The van der Waals surface area contributed by atoms with Gasteiger partial charge in [-0.05, 0) is 30.2 Å². The van der Waals surface area contributed by atoms with Crippen LogP contribution in [0.3, 0.4) is 0 Å². The smallest absolute Gasteiger partial charge is 0.349 e. The Morgan fingerprint density at radius 3 is 2.68 bits per heavy atom. The van der Waals surface area contributed by atoms with Crippen molar-refractivity contribution in [3.05, 3.63) is 71.4 Å². The minimum Gasteiger partial charge on any atom is -0.422 e. The summed E-state index contributed by atoms with van der Waals surface area (Å²) in [4.78, 5) is 26.6. The number of benzene rings is 2. The number of ketones is 1. The van der Waals surface area contributed by atoms with Gasteiger partial charge in [-0.1, -0.05) is 30.3 Å². The van der Waals surface area contributed by atoms with Crippen molar-refractivity contribution in [2.45, 2.75) is 6.42 Å². The van der Waals surface area contributed by atoms with Crippen LogP contribution in [0.25, 0.3) is 0 Å². The second kappa shape index (κ2) is 4.84. The second-order valence-electron chi connectivity index (χ2n) is 5.33. The highest BCUT2D eigenvalue weighted by Gasteiger charge is 2.32. The molecule has 2 aromatic rings. The van der Waals surface area contributed by atoms with Crippen LogP contribution in [0, 0.1) is 0 Å². The molecule has 108 valence electrons.